The van der Waals surface area contributed by atoms with E-state index in [4.69, 9.17) is 0 Å². The molecule has 1 fully saturated rings. The molecule has 0 aliphatic carbocycles. The Morgan fingerprint density at radius 3 is 2.80 bits per heavy atom. The number of pyridine rings is 2. The molecule has 25 heavy (non-hydrogen) atoms. The lowest BCUT2D eigenvalue weighted by Crippen LogP contribution is -2.29. The summed E-state index contributed by atoms with van der Waals surface area (Å²) in [7, 11) is 0. The van der Waals surface area contributed by atoms with E-state index in [1.165, 1.54) is 0 Å². The molecular weight excluding hydrogens is 334 g/mol. The highest BCUT2D eigenvalue weighted by Crippen LogP contribution is 2.19. The van der Waals surface area contributed by atoms with Gasteiger partial charge in [0, 0.05) is 24.2 Å². The molecule has 0 N–H and O–H groups in total. The molecule has 3 aromatic heterocycles. The van der Waals surface area contributed by atoms with E-state index < -0.39 is 0 Å². The molecule has 128 valence electrons. The van der Waals surface area contributed by atoms with Crippen molar-refractivity contribution in [2.75, 3.05) is 13.1 Å². The molecule has 0 spiro atoms. The standard InChI is InChI=1S/C19H19N3O2S/c1-13-15(18(23)21-7-2-3-8-21)11-16-17(20-13)6-9-22(19(16)24)12-14-5-4-10-25-14/h4-6,9-11H,2-3,7-8,12H2,1H3. The Balaban J connectivity index is 1.78. The normalized spacial score (nSPS) is 14.4. The first-order chi connectivity index (χ1) is 12.1. The number of carbonyl (C=O) groups excluding carboxylic acids is 1. The fourth-order valence-electron chi connectivity index (χ4n) is 3.31. The van der Waals surface area contributed by atoms with E-state index in [1.807, 2.05) is 35.4 Å². The highest BCUT2D eigenvalue weighted by Gasteiger charge is 2.22. The minimum Gasteiger partial charge on any atom is -0.339 e. The maximum Gasteiger partial charge on any atom is 0.260 e. The molecule has 1 aliphatic rings. The van der Waals surface area contributed by atoms with Crippen LogP contribution in [0.5, 0.6) is 0 Å². The maximum atomic E-state index is 12.9. The number of carbonyl (C=O) groups is 1. The first-order valence-corrected chi connectivity index (χ1v) is 9.34. The van der Waals surface area contributed by atoms with Crippen LogP contribution in [0.25, 0.3) is 10.9 Å². The number of rotatable bonds is 3. The van der Waals surface area contributed by atoms with Crippen molar-refractivity contribution in [2.24, 2.45) is 0 Å². The molecule has 1 saturated heterocycles. The number of fused-ring (bicyclic) bond motifs is 1. The zero-order chi connectivity index (χ0) is 17.4. The molecule has 0 bridgehead atoms. The van der Waals surface area contributed by atoms with Gasteiger partial charge < -0.3 is 9.47 Å². The second-order valence-electron chi connectivity index (χ2n) is 6.38. The largest absolute Gasteiger partial charge is 0.339 e. The molecule has 0 radical (unpaired) electrons. The number of nitrogens with zero attached hydrogens (tertiary/aromatic N) is 3. The van der Waals surface area contributed by atoms with Gasteiger partial charge in [-0.15, -0.1) is 11.3 Å². The van der Waals surface area contributed by atoms with Crippen LogP contribution >= 0.6 is 11.3 Å². The minimum absolute atomic E-state index is 0.0162. The van der Waals surface area contributed by atoms with Gasteiger partial charge in [0.25, 0.3) is 11.5 Å². The number of likely N-dealkylation sites (tertiary alicyclic amines) is 1. The summed E-state index contributed by atoms with van der Waals surface area (Å²) in [4.78, 5) is 33.1. The number of hydrogen-bond acceptors (Lipinski definition) is 4. The monoisotopic (exact) mass is 353 g/mol. The lowest BCUT2D eigenvalue weighted by molar-refractivity contribution is 0.0792. The van der Waals surface area contributed by atoms with Gasteiger partial charge in [-0.2, -0.15) is 0 Å². The zero-order valence-electron chi connectivity index (χ0n) is 14.1. The van der Waals surface area contributed by atoms with Crippen molar-refractivity contribution in [2.45, 2.75) is 26.3 Å². The van der Waals surface area contributed by atoms with E-state index in [-0.39, 0.29) is 11.5 Å². The minimum atomic E-state index is -0.103. The first-order valence-electron chi connectivity index (χ1n) is 8.46. The van der Waals surface area contributed by atoms with Gasteiger partial charge >= 0.3 is 0 Å². The zero-order valence-corrected chi connectivity index (χ0v) is 14.9. The summed E-state index contributed by atoms with van der Waals surface area (Å²) in [5, 5.41) is 2.51. The molecule has 5 nitrogen and oxygen atoms in total. The third kappa shape index (κ3) is 2.98. The van der Waals surface area contributed by atoms with Crippen LogP contribution in [-0.2, 0) is 6.54 Å². The Kier molecular flexibility index (Phi) is 4.13. The second kappa shape index (κ2) is 6.44. The predicted octanol–water partition coefficient (Wildman–Crippen LogP) is 3.05. The van der Waals surface area contributed by atoms with Crippen molar-refractivity contribution in [1.82, 2.24) is 14.5 Å². The molecule has 1 aliphatic heterocycles. The van der Waals surface area contributed by atoms with E-state index in [0.717, 1.165) is 30.8 Å². The van der Waals surface area contributed by atoms with Crippen molar-refractivity contribution >= 4 is 28.1 Å². The van der Waals surface area contributed by atoms with Gasteiger partial charge in [-0.25, -0.2) is 0 Å². The summed E-state index contributed by atoms with van der Waals surface area (Å²) in [6.45, 7) is 3.94. The van der Waals surface area contributed by atoms with Gasteiger partial charge in [0.15, 0.2) is 0 Å². The maximum absolute atomic E-state index is 12.9. The van der Waals surface area contributed by atoms with Gasteiger partial charge in [-0.05, 0) is 43.3 Å². The van der Waals surface area contributed by atoms with Crippen LogP contribution in [0.1, 0.15) is 33.8 Å². The quantitative estimate of drug-likeness (QED) is 0.727. The third-order valence-corrected chi connectivity index (χ3v) is 5.54. The average Bonchev–Trinajstić information content (AvgIpc) is 3.30. The van der Waals surface area contributed by atoms with Crippen LogP contribution in [0.4, 0.5) is 0 Å². The summed E-state index contributed by atoms with van der Waals surface area (Å²) < 4.78 is 1.68. The van der Waals surface area contributed by atoms with Gasteiger partial charge in [-0.3, -0.25) is 14.6 Å². The van der Waals surface area contributed by atoms with Crippen LogP contribution < -0.4 is 5.56 Å². The third-order valence-electron chi connectivity index (χ3n) is 4.68. The number of thiophene rings is 1. The number of aromatic nitrogens is 2. The van der Waals surface area contributed by atoms with Crippen molar-refractivity contribution in [3.05, 3.63) is 62.3 Å². The summed E-state index contributed by atoms with van der Waals surface area (Å²) in [6, 6.07) is 7.56. The van der Waals surface area contributed by atoms with Crippen molar-refractivity contribution in [1.29, 1.82) is 0 Å². The van der Waals surface area contributed by atoms with Crippen LogP contribution in [0.2, 0.25) is 0 Å². The summed E-state index contributed by atoms with van der Waals surface area (Å²) in [5.41, 5.74) is 1.76. The molecular formula is C19H19N3O2S. The SMILES string of the molecule is Cc1nc2ccn(Cc3cccs3)c(=O)c2cc1C(=O)N1CCCC1. The van der Waals surface area contributed by atoms with Gasteiger partial charge in [0.05, 0.1) is 28.7 Å². The molecule has 3 aromatic rings. The van der Waals surface area contributed by atoms with E-state index in [9.17, 15) is 9.59 Å². The van der Waals surface area contributed by atoms with Gasteiger partial charge in [0.1, 0.15) is 0 Å². The molecule has 1 amide bonds. The smallest absolute Gasteiger partial charge is 0.260 e. The Morgan fingerprint density at radius 2 is 2.08 bits per heavy atom. The van der Waals surface area contributed by atoms with Gasteiger partial charge in [-0.1, -0.05) is 6.07 Å². The molecule has 0 aromatic carbocycles. The second-order valence-corrected chi connectivity index (χ2v) is 7.41. The summed E-state index contributed by atoms with van der Waals surface area (Å²) >= 11 is 1.62. The molecule has 0 saturated carbocycles. The number of amides is 1. The lowest BCUT2D eigenvalue weighted by atomic mass is 10.1. The topological polar surface area (TPSA) is 55.2 Å². The fourth-order valence-corrected chi connectivity index (χ4v) is 4.01. The first kappa shape index (κ1) is 16.0. The molecule has 4 heterocycles. The van der Waals surface area contributed by atoms with E-state index in [2.05, 4.69) is 4.98 Å². The van der Waals surface area contributed by atoms with E-state index in [0.29, 0.717) is 28.7 Å². The molecule has 6 heteroatoms. The lowest BCUT2D eigenvalue weighted by Gasteiger charge is -2.17. The highest BCUT2D eigenvalue weighted by atomic mass is 32.1. The van der Waals surface area contributed by atoms with Gasteiger partial charge in [0.2, 0.25) is 0 Å². The van der Waals surface area contributed by atoms with Crippen LogP contribution in [0.3, 0.4) is 0 Å². The molecule has 0 atom stereocenters. The number of hydrogen-bond donors (Lipinski definition) is 0. The van der Waals surface area contributed by atoms with Crippen molar-refractivity contribution in [3.63, 3.8) is 0 Å². The Bertz CT molecular complexity index is 986. The molecule has 0 unspecified atom stereocenters. The fraction of sp³-hybridized carbons (Fsp3) is 0.316. The Hall–Kier alpha value is -2.47. The van der Waals surface area contributed by atoms with Crippen molar-refractivity contribution < 1.29 is 4.79 Å². The summed E-state index contributed by atoms with van der Waals surface area (Å²) in [5.74, 6) is -0.0162. The Labute approximate surface area is 149 Å². The Morgan fingerprint density at radius 1 is 1.28 bits per heavy atom. The van der Waals surface area contributed by atoms with Crippen LogP contribution in [0, 0.1) is 6.92 Å². The number of aryl methyl sites for hydroxylation is 1. The van der Waals surface area contributed by atoms with E-state index >= 15 is 0 Å². The van der Waals surface area contributed by atoms with E-state index in [1.54, 1.807) is 28.2 Å². The van der Waals surface area contributed by atoms with Crippen LogP contribution in [-0.4, -0.2) is 33.4 Å². The average molecular weight is 353 g/mol. The predicted molar refractivity (Wildman–Crippen MR) is 99.3 cm³/mol. The highest BCUT2D eigenvalue weighted by molar-refractivity contribution is 7.09. The summed E-state index contributed by atoms with van der Waals surface area (Å²) in [6.07, 6.45) is 3.86. The van der Waals surface area contributed by atoms with Crippen molar-refractivity contribution in [3.8, 4) is 0 Å². The molecule has 4 rings (SSSR count). The van der Waals surface area contributed by atoms with Crippen LogP contribution in [0.15, 0.2) is 40.6 Å².